The fourth-order valence-corrected chi connectivity index (χ4v) is 3.74. The first-order valence-corrected chi connectivity index (χ1v) is 9.46. The maximum absolute atomic E-state index is 12.5. The van der Waals surface area contributed by atoms with Gasteiger partial charge in [0.05, 0.1) is 5.02 Å². The number of nitrogens with one attached hydrogen (secondary N) is 2. The summed E-state index contributed by atoms with van der Waals surface area (Å²) in [6.45, 7) is 0.151. The van der Waals surface area contributed by atoms with Crippen molar-refractivity contribution in [3.8, 4) is 0 Å². The number of carbonyl (C=O) groups excluding carboxylic acids is 1. The molecule has 126 valence electrons. The first-order chi connectivity index (χ1) is 11.5. The Kier molecular flexibility index (Phi) is 4.89. The number of carbonyl (C=O) groups is 1. The lowest BCUT2D eigenvalue weighted by Gasteiger charge is -2.10. The van der Waals surface area contributed by atoms with Gasteiger partial charge in [-0.15, -0.1) is 0 Å². The molecular weight excluding hydrogens is 348 g/mol. The zero-order chi connectivity index (χ0) is 17.2. The quantitative estimate of drug-likeness (QED) is 0.827. The SMILES string of the molecule is O=C(NC1CC1)c1ccc(Cl)c(S(=O)(=O)NCc2ccccc2)c1. The third kappa shape index (κ3) is 4.14. The summed E-state index contributed by atoms with van der Waals surface area (Å²) in [5, 5.41) is 2.91. The highest BCUT2D eigenvalue weighted by Crippen LogP contribution is 2.24. The van der Waals surface area contributed by atoms with Gasteiger partial charge in [-0.3, -0.25) is 4.79 Å². The van der Waals surface area contributed by atoms with Crippen LogP contribution in [0.5, 0.6) is 0 Å². The first-order valence-electron chi connectivity index (χ1n) is 7.60. The van der Waals surface area contributed by atoms with E-state index in [0.717, 1.165) is 18.4 Å². The van der Waals surface area contributed by atoms with Crippen molar-refractivity contribution in [2.24, 2.45) is 0 Å². The third-order valence-electron chi connectivity index (χ3n) is 3.70. The number of sulfonamides is 1. The highest BCUT2D eigenvalue weighted by Gasteiger charge is 2.25. The van der Waals surface area contributed by atoms with Crippen LogP contribution in [-0.4, -0.2) is 20.4 Å². The Morgan fingerprint density at radius 2 is 1.83 bits per heavy atom. The van der Waals surface area contributed by atoms with Crippen LogP contribution in [0.15, 0.2) is 53.4 Å². The van der Waals surface area contributed by atoms with Gasteiger partial charge in [0.15, 0.2) is 0 Å². The number of rotatable bonds is 6. The molecule has 0 bridgehead atoms. The van der Waals surface area contributed by atoms with Gasteiger partial charge in [0.25, 0.3) is 5.91 Å². The summed E-state index contributed by atoms with van der Waals surface area (Å²) in [4.78, 5) is 12.0. The minimum Gasteiger partial charge on any atom is -0.349 e. The van der Waals surface area contributed by atoms with Crippen LogP contribution in [-0.2, 0) is 16.6 Å². The second-order valence-electron chi connectivity index (χ2n) is 5.70. The predicted octanol–water partition coefficient (Wildman–Crippen LogP) is 2.71. The Balaban J connectivity index is 1.79. The molecule has 7 heteroatoms. The average Bonchev–Trinajstić information content (AvgIpc) is 3.38. The summed E-state index contributed by atoms with van der Waals surface area (Å²) < 4.78 is 27.5. The van der Waals surface area contributed by atoms with Crippen LogP contribution < -0.4 is 10.0 Å². The van der Waals surface area contributed by atoms with E-state index >= 15 is 0 Å². The van der Waals surface area contributed by atoms with Crippen molar-refractivity contribution in [2.75, 3.05) is 0 Å². The molecule has 1 aliphatic carbocycles. The largest absolute Gasteiger partial charge is 0.349 e. The fraction of sp³-hybridized carbons (Fsp3) is 0.235. The van der Waals surface area contributed by atoms with Crippen molar-refractivity contribution >= 4 is 27.5 Å². The van der Waals surface area contributed by atoms with Crippen LogP contribution in [0.1, 0.15) is 28.8 Å². The molecule has 1 saturated carbocycles. The van der Waals surface area contributed by atoms with Crippen LogP contribution in [0.4, 0.5) is 0 Å². The zero-order valence-corrected chi connectivity index (χ0v) is 14.4. The Labute approximate surface area is 146 Å². The topological polar surface area (TPSA) is 75.3 Å². The van der Waals surface area contributed by atoms with Gasteiger partial charge >= 0.3 is 0 Å². The summed E-state index contributed by atoms with van der Waals surface area (Å²) in [5.41, 5.74) is 1.12. The van der Waals surface area contributed by atoms with Crippen LogP contribution in [0.2, 0.25) is 5.02 Å². The second kappa shape index (κ2) is 6.93. The van der Waals surface area contributed by atoms with Gasteiger partial charge in [0.1, 0.15) is 4.90 Å². The molecule has 2 aromatic rings. The monoisotopic (exact) mass is 364 g/mol. The number of hydrogen-bond acceptors (Lipinski definition) is 3. The van der Waals surface area contributed by atoms with E-state index < -0.39 is 10.0 Å². The van der Waals surface area contributed by atoms with Gasteiger partial charge in [-0.05, 0) is 36.6 Å². The van der Waals surface area contributed by atoms with Gasteiger partial charge in [-0.25, -0.2) is 13.1 Å². The number of hydrogen-bond donors (Lipinski definition) is 2. The van der Waals surface area contributed by atoms with E-state index in [1.807, 2.05) is 30.3 Å². The lowest BCUT2D eigenvalue weighted by molar-refractivity contribution is 0.0951. The third-order valence-corrected chi connectivity index (χ3v) is 5.59. The number of halogens is 1. The van der Waals surface area contributed by atoms with Gasteiger partial charge in [0.2, 0.25) is 10.0 Å². The molecule has 2 aromatic carbocycles. The molecule has 0 spiro atoms. The Morgan fingerprint density at radius 1 is 1.12 bits per heavy atom. The van der Waals surface area contributed by atoms with Crippen molar-refractivity contribution in [3.63, 3.8) is 0 Å². The predicted molar refractivity (Wildman–Crippen MR) is 92.4 cm³/mol. The van der Waals surface area contributed by atoms with Gasteiger partial charge in [-0.2, -0.15) is 0 Å². The van der Waals surface area contributed by atoms with Crippen molar-refractivity contribution < 1.29 is 13.2 Å². The Hall–Kier alpha value is -1.89. The van der Waals surface area contributed by atoms with E-state index in [4.69, 9.17) is 11.6 Å². The molecule has 0 radical (unpaired) electrons. The van der Waals surface area contributed by atoms with Crippen molar-refractivity contribution in [1.29, 1.82) is 0 Å². The molecule has 2 N–H and O–H groups in total. The average molecular weight is 365 g/mol. The van der Waals surface area contributed by atoms with E-state index in [2.05, 4.69) is 10.0 Å². The highest BCUT2D eigenvalue weighted by atomic mass is 35.5. The first kappa shape index (κ1) is 17.0. The van der Waals surface area contributed by atoms with Gasteiger partial charge in [0, 0.05) is 18.2 Å². The lowest BCUT2D eigenvalue weighted by Crippen LogP contribution is -2.27. The molecule has 0 aliphatic heterocycles. The molecule has 3 rings (SSSR count). The molecule has 0 atom stereocenters. The van der Waals surface area contributed by atoms with Crippen LogP contribution >= 0.6 is 11.6 Å². The summed E-state index contributed by atoms with van der Waals surface area (Å²) in [7, 11) is -3.82. The maximum atomic E-state index is 12.5. The van der Waals surface area contributed by atoms with Crippen molar-refractivity contribution in [2.45, 2.75) is 30.3 Å². The van der Waals surface area contributed by atoms with Crippen LogP contribution in [0.3, 0.4) is 0 Å². The van der Waals surface area contributed by atoms with Crippen molar-refractivity contribution in [1.82, 2.24) is 10.0 Å². The zero-order valence-electron chi connectivity index (χ0n) is 12.8. The molecule has 0 unspecified atom stereocenters. The van der Waals surface area contributed by atoms with Crippen molar-refractivity contribution in [3.05, 3.63) is 64.7 Å². The van der Waals surface area contributed by atoms with Gasteiger partial charge in [-0.1, -0.05) is 41.9 Å². The molecule has 24 heavy (non-hydrogen) atoms. The molecule has 1 fully saturated rings. The van der Waals surface area contributed by atoms with E-state index in [1.54, 1.807) is 0 Å². The molecule has 0 saturated heterocycles. The number of benzene rings is 2. The van der Waals surface area contributed by atoms with Crippen LogP contribution in [0.25, 0.3) is 0 Å². The minimum atomic E-state index is -3.82. The van der Waals surface area contributed by atoms with E-state index in [-0.39, 0.29) is 34.0 Å². The summed E-state index contributed by atoms with van der Waals surface area (Å²) >= 11 is 6.03. The fourth-order valence-electron chi connectivity index (χ4n) is 2.20. The summed E-state index contributed by atoms with van der Waals surface area (Å²) in [5.74, 6) is -0.284. The summed E-state index contributed by atoms with van der Waals surface area (Å²) in [6, 6.07) is 13.6. The normalized spacial score (nSPS) is 14.4. The minimum absolute atomic E-state index is 0.0820. The molecule has 5 nitrogen and oxygen atoms in total. The maximum Gasteiger partial charge on any atom is 0.251 e. The Bertz CT molecular complexity index is 849. The smallest absolute Gasteiger partial charge is 0.251 e. The second-order valence-corrected chi connectivity index (χ2v) is 7.85. The Morgan fingerprint density at radius 3 is 2.50 bits per heavy atom. The molecule has 0 heterocycles. The lowest BCUT2D eigenvalue weighted by atomic mass is 10.2. The molecule has 1 aliphatic rings. The molecule has 0 aromatic heterocycles. The van der Waals surface area contributed by atoms with E-state index in [1.165, 1.54) is 18.2 Å². The standard InChI is InChI=1S/C17H17ClN2O3S/c18-15-9-6-13(17(21)20-14-7-8-14)10-16(15)24(22,23)19-11-12-4-2-1-3-5-12/h1-6,9-10,14,19H,7-8,11H2,(H,20,21). The molecular formula is C17H17ClN2O3S. The number of amides is 1. The van der Waals surface area contributed by atoms with Gasteiger partial charge < -0.3 is 5.32 Å². The van der Waals surface area contributed by atoms with E-state index in [9.17, 15) is 13.2 Å². The van der Waals surface area contributed by atoms with E-state index in [0.29, 0.717) is 0 Å². The highest BCUT2D eigenvalue weighted by molar-refractivity contribution is 7.89. The molecule has 1 amide bonds. The van der Waals surface area contributed by atoms with Crippen LogP contribution in [0, 0.1) is 0 Å². The summed E-state index contributed by atoms with van der Waals surface area (Å²) in [6.07, 6.45) is 1.92.